The lowest BCUT2D eigenvalue weighted by Gasteiger charge is -2.27. The first-order chi connectivity index (χ1) is 10.8. The number of nitrogens with zero attached hydrogens (tertiary/aromatic N) is 2. The molecule has 2 aromatic rings. The van der Waals surface area contributed by atoms with E-state index in [0.717, 1.165) is 22.8 Å². The number of benzene rings is 1. The summed E-state index contributed by atoms with van der Waals surface area (Å²) in [6.07, 6.45) is 0.630. The van der Waals surface area contributed by atoms with Crippen molar-refractivity contribution in [2.24, 2.45) is 0 Å². The quantitative estimate of drug-likeness (QED) is 0.645. The van der Waals surface area contributed by atoms with E-state index in [9.17, 15) is 20.0 Å². The Morgan fingerprint density at radius 1 is 1.52 bits per heavy atom. The number of nitro groups is 1. The number of carbonyl (C=O) groups excluding carboxylic acids is 1. The summed E-state index contributed by atoms with van der Waals surface area (Å²) in [4.78, 5) is 26.8. The van der Waals surface area contributed by atoms with Crippen molar-refractivity contribution < 1.29 is 14.8 Å². The Labute approximate surface area is 137 Å². The Kier molecular flexibility index (Phi) is 4.65. The second kappa shape index (κ2) is 6.33. The Balaban J connectivity index is 2.26. The van der Waals surface area contributed by atoms with Crippen molar-refractivity contribution in [2.45, 2.75) is 32.7 Å². The molecule has 0 fully saturated rings. The Hall–Kier alpha value is -2.48. The van der Waals surface area contributed by atoms with Crippen LogP contribution in [0.15, 0.2) is 23.6 Å². The number of aromatic hydroxyl groups is 1. The number of aryl methyl sites for hydroxylation is 1. The number of nitro benzene ring substituents is 1. The molecular formula is C15H17N3O4S. The number of phenolic OH excluding ortho intramolecular Hbond substituents is 1. The van der Waals surface area contributed by atoms with E-state index >= 15 is 0 Å². The van der Waals surface area contributed by atoms with Crippen molar-refractivity contribution in [3.63, 3.8) is 0 Å². The summed E-state index contributed by atoms with van der Waals surface area (Å²) in [5.74, 6) is -0.960. The van der Waals surface area contributed by atoms with Gasteiger partial charge < -0.3 is 10.4 Å². The molecule has 0 radical (unpaired) electrons. The van der Waals surface area contributed by atoms with E-state index < -0.39 is 27.8 Å². The number of nitrogens with one attached hydrogen (secondary N) is 1. The summed E-state index contributed by atoms with van der Waals surface area (Å²) in [5.41, 5.74) is -0.0451. The van der Waals surface area contributed by atoms with Crippen molar-refractivity contribution in [3.8, 4) is 5.75 Å². The molecular weight excluding hydrogens is 318 g/mol. The van der Waals surface area contributed by atoms with Gasteiger partial charge in [0.25, 0.3) is 5.91 Å². The minimum absolute atomic E-state index is 0.154. The molecule has 8 heteroatoms. The third-order valence-corrected chi connectivity index (χ3v) is 4.85. The number of hydrogen-bond acceptors (Lipinski definition) is 6. The van der Waals surface area contributed by atoms with Crippen LogP contribution in [0.2, 0.25) is 0 Å². The Bertz CT molecular complexity index is 759. The molecule has 0 saturated carbocycles. The van der Waals surface area contributed by atoms with E-state index in [1.807, 2.05) is 26.2 Å². The van der Waals surface area contributed by atoms with E-state index in [2.05, 4.69) is 10.3 Å². The van der Waals surface area contributed by atoms with Gasteiger partial charge in [0.1, 0.15) is 5.01 Å². The Morgan fingerprint density at radius 3 is 2.70 bits per heavy atom. The normalized spacial score (nSPS) is 13.3. The van der Waals surface area contributed by atoms with Crippen molar-refractivity contribution >= 4 is 22.9 Å². The van der Waals surface area contributed by atoms with Crippen LogP contribution in [0.5, 0.6) is 5.75 Å². The molecule has 7 nitrogen and oxygen atoms in total. The van der Waals surface area contributed by atoms with E-state index in [4.69, 9.17) is 0 Å². The molecule has 0 spiro atoms. The lowest BCUT2D eigenvalue weighted by atomic mass is 9.99. The number of amides is 1. The maximum atomic E-state index is 12.4. The third-order valence-electron chi connectivity index (χ3n) is 3.62. The van der Waals surface area contributed by atoms with Gasteiger partial charge in [0.05, 0.1) is 10.5 Å². The molecule has 0 aliphatic heterocycles. The molecule has 1 aromatic heterocycles. The first-order valence-corrected chi connectivity index (χ1v) is 7.87. The summed E-state index contributed by atoms with van der Waals surface area (Å²) < 4.78 is 0. The second-order valence-electron chi connectivity index (χ2n) is 5.39. The zero-order valence-electron chi connectivity index (χ0n) is 13.0. The molecule has 1 amide bonds. The average molecular weight is 335 g/mol. The Morgan fingerprint density at radius 2 is 2.22 bits per heavy atom. The summed E-state index contributed by atoms with van der Waals surface area (Å²) in [5, 5.41) is 25.9. The van der Waals surface area contributed by atoms with Gasteiger partial charge >= 0.3 is 5.69 Å². The monoisotopic (exact) mass is 335 g/mol. The molecule has 1 heterocycles. The smallest absolute Gasteiger partial charge is 0.310 e. The standard InChI is InChI=1S/C15H17N3O4S/c1-4-15(3,14-16-9(2)8-23-14)17-13(20)10-5-6-11(18(21)22)12(19)7-10/h5-8,19H,4H2,1-3H3,(H,17,20)/t15-/m0/s1. The van der Waals surface area contributed by atoms with Crippen LogP contribution < -0.4 is 5.32 Å². The van der Waals surface area contributed by atoms with Crippen molar-refractivity contribution in [1.29, 1.82) is 0 Å². The van der Waals surface area contributed by atoms with Gasteiger partial charge in [0.2, 0.25) is 0 Å². The van der Waals surface area contributed by atoms with Crippen LogP contribution in [-0.4, -0.2) is 20.9 Å². The van der Waals surface area contributed by atoms with Gasteiger partial charge in [0, 0.05) is 22.7 Å². The highest BCUT2D eigenvalue weighted by molar-refractivity contribution is 7.09. The van der Waals surface area contributed by atoms with Gasteiger partial charge in [-0.3, -0.25) is 14.9 Å². The maximum Gasteiger partial charge on any atom is 0.310 e. The van der Waals surface area contributed by atoms with Crippen LogP contribution in [0.1, 0.15) is 41.3 Å². The fourth-order valence-electron chi connectivity index (χ4n) is 2.04. The highest BCUT2D eigenvalue weighted by atomic mass is 32.1. The second-order valence-corrected chi connectivity index (χ2v) is 6.25. The molecule has 0 aliphatic rings. The van der Waals surface area contributed by atoms with Crippen LogP contribution in [-0.2, 0) is 5.54 Å². The van der Waals surface area contributed by atoms with E-state index in [1.165, 1.54) is 17.4 Å². The SMILES string of the molecule is CC[C@](C)(NC(=O)c1ccc([N+](=O)[O-])c(O)c1)c1nc(C)cs1. The number of aromatic nitrogens is 1. The summed E-state index contributed by atoms with van der Waals surface area (Å²) in [6, 6.07) is 3.52. The molecule has 1 atom stereocenters. The maximum absolute atomic E-state index is 12.4. The first-order valence-electron chi connectivity index (χ1n) is 6.99. The first kappa shape index (κ1) is 16.9. The summed E-state index contributed by atoms with van der Waals surface area (Å²) in [6.45, 7) is 5.69. The van der Waals surface area contributed by atoms with Crippen LogP contribution in [0.4, 0.5) is 5.69 Å². The third kappa shape index (κ3) is 3.48. The van der Waals surface area contributed by atoms with Gasteiger partial charge in [-0.2, -0.15) is 0 Å². The molecule has 0 saturated heterocycles. The molecule has 122 valence electrons. The van der Waals surface area contributed by atoms with Gasteiger partial charge in [-0.15, -0.1) is 11.3 Å². The van der Waals surface area contributed by atoms with Gasteiger partial charge in [-0.05, 0) is 32.4 Å². The van der Waals surface area contributed by atoms with Gasteiger partial charge in [0.15, 0.2) is 5.75 Å². The lowest BCUT2D eigenvalue weighted by molar-refractivity contribution is -0.385. The van der Waals surface area contributed by atoms with Crippen LogP contribution in [0.25, 0.3) is 0 Å². The number of thiazole rings is 1. The average Bonchev–Trinajstić information content (AvgIpc) is 2.93. The predicted octanol–water partition coefficient (Wildman–Crippen LogP) is 3.12. The number of hydrogen-bond donors (Lipinski definition) is 2. The van der Waals surface area contributed by atoms with Gasteiger partial charge in [-0.25, -0.2) is 4.98 Å². The van der Waals surface area contributed by atoms with Crippen LogP contribution >= 0.6 is 11.3 Å². The minimum Gasteiger partial charge on any atom is -0.502 e. The van der Waals surface area contributed by atoms with Crippen LogP contribution in [0.3, 0.4) is 0 Å². The zero-order valence-corrected chi connectivity index (χ0v) is 13.8. The molecule has 0 bridgehead atoms. The van der Waals surface area contributed by atoms with Crippen molar-refractivity contribution in [2.75, 3.05) is 0 Å². The largest absolute Gasteiger partial charge is 0.502 e. The van der Waals surface area contributed by atoms with E-state index in [-0.39, 0.29) is 5.56 Å². The molecule has 0 unspecified atom stereocenters. The fourth-order valence-corrected chi connectivity index (χ4v) is 3.03. The number of rotatable bonds is 5. The van der Waals surface area contributed by atoms with E-state index in [0.29, 0.717) is 6.42 Å². The van der Waals surface area contributed by atoms with E-state index in [1.54, 1.807) is 0 Å². The van der Waals surface area contributed by atoms with Gasteiger partial charge in [-0.1, -0.05) is 6.92 Å². The van der Waals surface area contributed by atoms with Crippen molar-refractivity contribution in [3.05, 3.63) is 50.0 Å². The predicted molar refractivity (Wildman–Crippen MR) is 86.7 cm³/mol. The summed E-state index contributed by atoms with van der Waals surface area (Å²) in [7, 11) is 0. The topological polar surface area (TPSA) is 105 Å². The summed E-state index contributed by atoms with van der Waals surface area (Å²) >= 11 is 1.46. The lowest BCUT2D eigenvalue weighted by Crippen LogP contribution is -2.43. The molecule has 23 heavy (non-hydrogen) atoms. The minimum atomic E-state index is -0.703. The molecule has 2 rings (SSSR count). The molecule has 2 N–H and O–H groups in total. The molecule has 0 aliphatic carbocycles. The van der Waals surface area contributed by atoms with Crippen molar-refractivity contribution in [1.82, 2.24) is 10.3 Å². The fraction of sp³-hybridized carbons (Fsp3) is 0.333. The zero-order chi connectivity index (χ0) is 17.2. The number of carbonyl (C=O) groups is 1. The highest BCUT2D eigenvalue weighted by Crippen LogP contribution is 2.29. The number of phenols is 1. The highest BCUT2D eigenvalue weighted by Gasteiger charge is 2.30. The molecule has 1 aromatic carbocycles. The van der Waals surface area contributed by atoms with Crippen LogP contribution in [0, 0.1) is 17.0 Å².